The summed E-state index contributed by atoms with van der Waals surface area (Å²) in [4.78, 5) is 0. The van der Waals surface area contributed by atoms with Crippen LogP contribution < -0.4 is 0 Å². The fraction of sp³-hybridized carbons (Fsp3) is 1.00. The third-order valence-corrected chi connectivity index (χ3v) is 0. The van der Waals surface area contributed by atoms with Crippen LogP contribution in [0, 0.1) is 0 Å². The highest BCUT2D eigenvalue weighted by Gasteiger charge is 1.27. The quantitative estimate of drug-likeness (QED) is 0.232. The molecule has 0 amide bonds. The Hall–Kier alpha value is 0.527. The zero-order chi connectivity index (χ0) is 2.71. The molecule has 0 saturated heterocycles. The molecular weight excluding hydrogens is 88.2 g/mol. The van der Waals surface area contributed by atoms with Crippen molar-refractivity contribution in [2.45, 2.75) is 0 Å². The molecule has 0 heterocycles. The molecule has 0 atom stereocenters. The fourth-order valence-corrected chi connectivity index (χ4v) is 0. The predicted molar refractivity (Wildman–Crippen MR) is 27.3 cm³/mol. The van der Waals surface area contributed by atoms with Crippen LogP contribution in [0.5, 0.6) is 0 Å². The maximum Gasteiger partial charge on any atom is 0.0500 e. The van der Waals surface area contributed by atoms with Crippen LogP contribution in [0.3, 0.4) is 0 Å². The average Bonchev–Trinajstić information content (AvgIpc) is 0.918. The van der Waals surface area contributed by atoms with Gasteiger partial charge in [0, 0.05) is 7.11 Å². The maximum absolute atomic E-state index is 3.94. The van der Waals surface area contributed by atoms with Gasteiger partial charge in [0.2, 0.25) is 0 Å². The summed E-state index contributed by atoms with van der Waals surface area (Å²) < 4.78 is 3.94. The van der Waals surface area contributed by atoms with Crippen molar-refractivity contribution < 1.29 is 4.18 Å². The highest BCUT2D eigenvalue weighted by Crippen LogP contribution is 1.57. The van der Waals surface area contributed by atoms with E-state index in [2.05, 4.69) is 17.1 Å². The van der Waals surface area contributed by atoms with Crippen LogP contribution in [-0.4, -0.2) is 18.1 Å². The molecule has 28 valence electrons. The van der Waals surface area contributed by atoms with Crippen LogP contribution in [0.2, 0.25) is 0 Å². The molecule has 0 N–H and O–H groups in total. The Morgan fingerprint density at radius 2 is 1.75 bits per heavy atom. The standard InChI is InChI=1S/CH4OS.H4Si/c1-2-3;/h3H,1H3;1H4. The second kappa shape index (κ2) is 9.66. The van der Waals surface area contributed by atoms with E-state index in [1.807, 2.05) is 0 Å². The van der Waals surface area contributed by atoms with Crippen LogP contribution >= 0.6 is 12.9 Å². The lowest BCUT2D eigenvalue weighted by atomic mass is 11.8. The van der Waals surface area contributed by atoms with Crippen molar-refractivity contribution in [1.82, 2.24) is 0 Å². The summed E-state index contributed by atoms with van der Waals surface area (Å²) in [5, 5.41) is 0. The van der Waals surface area contributed by atoms with E-state index in [4.69, 9.17) is 0 Å². The zero-order valence-corrected chi connectivity index (χ0v) is 2.75. The highest BCUT2D eigenvalue weighted by atomic mass is 32.1. The van der Waals surface area contributed by atoms with Gasteiger partial charge in [-0.25, -0.2) is 0 Å². The molecule has 0 fully saturated rings. The molecule has 0 unspecified atom stereocenters. The molecule has 1 nitrogen and oxygen atoms in total. The van der Waals surface area contributed by atoms with Crippen molar-refractivity contribution in [3.63, 3.8) is 0 Å². The first kappa shape index (κ1) is 8.82. The lowest BCUT2D eigenvalue weighted by Gasteiger charge is -1.58. The molecule has 0 aromatic carbocycles. The van der Waals surface area contributed by atoms with E-state index in [0.29, 0.717) is 0 Å². The summed E-state index contributed by atoms with van der Waals surface area (Å²) in [5.41, 5.74) is 0. The summed E-state index contributed by atoms with van der Waals surface area (Å²) in [6, 6.07) is 0. The van der Waals surface area contributed by atoms with Crippen LogP contribution in [0.15, 0.2) is 0 Å². The van der Waals surface area contributed by atoms with Gasteiger partial charge in [-0.15, -0.1) is 0 Å². The molecule has 0 aromatic rings. The topological polar surface area (TPSA) is 9.23 Å². The van der Waals surface area contributed by atoms with E-state index in [0.717, 1.165) is 0 Å². The summed E-state index contributed by atoms with van der Waals surface area (Å²) >= 11 is 3.29. The third kappa shape index (κ3) is 21.2. The van der Waals surface area contributed by atoms with E-state index in [1.54, 1.807) is 0 Å². The van der Waals surface area contributed by atoms with Crippen molar-refractivity contribution in [2.24, 2.45) is 0 Å². The second-order valence-electron chi connectivity index (χ2n) is 0.183. The van der Waals surface area contributed by atoms with Gasteiger partial charge < -0.3 is 4.18 Å². The van der Waals surface area contributed by atoms with Crippen molar-refractivity contribution in [2.75, 3.05) is 7.11 Å². The molecular formula is CH8OSSi. The number of thiol groups is 1. The Balaban J connectivity index is 0. The molecule has 0 aliphatic rings. The molecule has 3 heteroatoms. The van der Waals surface area contributed by atoms with Gasteiger partial charge in [0.1, 0.15) is 0 Å². The molecule has 0 saturated carbocycles. The molecule has 0 aliphatic carbocycles. The van der Waals surface area contributed by atoms with Gasteiger partial charge in [-0.1, -0.05) is 0 Å². The fourth-order valence-electron chi connectivity index (χ4n) is 0. The van der Waals surface area contributed by atoms with Crippen LogP contribution in [0.25, 0.3) is 0 Å². The number of hydrogen-bond donors (Lipinski definition) is 1. The normalized spacial score (nSPS) is 4.50. The monoisotopic (exact) mass is 96.0 g/mol. The first-order chi connectivity index (χ1) is 1.41. The minimum atomic E-state index is 0. The van der Waals surface area contributed by atoms with E-state index >= 15 is 0 Å². The van der Waals surface area contributed by atoms with Gasteiger partial charge in [-0.05, 0) is 23.9 Å². The first-order valence-corrected chi connectivity index (χ1v) is 0.956. The lowest BCUT2D eigenvalue weighted by Crippen LogP contribution is -1.40. The summed E-state index contributed by atoms with van der Waals surface area (Å²) in [7, 11) is 1.49. The second-order valence-corrected chi connectivity index (χ2v) is 0.548. The van der Waals surface area contributed by atoms with Gasteiger partial charge in [-0.3, -0.25) is 0 Å². The molecule has 0 radical (unpaired) electrons. The van der Waals surface area contributed by atoms with Crippen LogP contribution in [0.1, 0.15) is 0 Å². The van der Waals surface area contributed by atoms with Crippen molar-refractivity contribution in [3.05, 3.63) is 0 Å². The molecule has 0 aromatic heterocycles. The highest BCUT2D eigenvalue weighted by molar-refractivity contribution is 7.75. The van der Waals surface area contributed by atoms with Crippen LogP contribution in [0.4, 0.5) is 0 Å². The van der Waals surface area contributed by atoms with E-state index in [9.17, 15) is 0 Å². The zero-order valence-electron chi connectivity index (χ0n) is 1.86. The third-order valence-electron chi connectivity index (χ3n) is 0. The average molecular weight is 96.2 g/mol. The van der Waals surface area contributed by atoms with E-state index in [-0.39, 0.29) is 11.0 Å². The smallest absolute Gasteiger partial charge is 0.0500 e. The molecule has 0 rings (SSSR count). The van der Waals surface area contributed by atoms with Gasteiger partial charge in [0.15, 0.2) is 0 Å². The largest absolute Gasteiger partial charge is 0.322 e. The molecule has 0 spiro atoms. The van der Waals surface area contributed by atoms with Crippen molar-refractivity contribution in [1.29, 1.82) is 0 Å². The molecule has 0 bridgehead atoms. The Bertz CT molecular complexity index is 8.00. The molecule has 4 heavy (non-hydrogen) atoms. The maximum atomic E-state index is 3.94. The SMILES string of the molecule is COS.[SiH4]. The van der Waals surface area contributed by atoms with Gasteiger partial charge >= 0.3 is 0 Å². The minimum Gasteiger partial charge on any atom is -0.322 e. The van der Waals surface area contributed by atoms with E-state index < -0.39 is 0 Å². The summed E-state index contributed by atoms with van der Waals surface area (Å²) in [6.45, 7) is 0. The van der Waals surface area contributed by atoms with Gasteiger partial charge in [0.05, 0.1) is 0 Å². The van der Waals surface area contributed by atoms with E-state index in [1.165, 1.54) is 7.11 Å². The Morgan fingerprint density at radius 1 is 1.75 bits per heavy atom. The Labute approximate surface area is 36.0 Å². The first-order valence-electron chi connectivity index (χ1n) is 0.591. The lowest BCUT2D eigenvalue weighted by molar-refractivity contribution is 0.500. The minimum absolute atomic E-state index is 0. The van der Waals surface area contributed by atoms with Gasteiger partial charge in [0.25, 0.3) is 0 Å². The Kier molecular flexibility index (Phi) is 21.3. The number of rotatable bonds is 0. The van der Waals surface area contributed by atoms with Gasteiger partial charge in [-0.2, -0.15) is 0 Å². The predicted octanol–water partition coefficient (Wildman–Crippen LogP) is -0.974. The Morgan fingerprint density at radius 3 is 1.75 bits per heavy atom. The van der Waals surface area contributed by atoms with Crippen molar-refractivity contribution in [3.8, 4) is 0 Å². The van der Waals surface area contributed by atoms with Crippen molar-refractivity contribution >= 4 is 23.9 Å². The molecule has 0 aliphatic heterocycles. The number of hydrogen-bond acceptors (Lipinski definition) is 2. The summed E-state index contributed by atoms with van der Waals surface area (Å²) in [6.07, 6.45) is 0. The van der Waals surface area contributed by atoms with Crippen LogP contribution in [-0.2, 0) is 4.18 Å². The summed E-state index contributed by atoms with van der Waals surface area (Å²) in [5.74, 6) is 0.